The van der Waals surface area contributed by atoms with Crippen LogP contribution in [0.2, 0.25) is 0 Å². The molecule has 4 nitrogen and oxygen atoms in total. The summed E-state index contributed by atoms with van der Waals surface area (Å²) in [5, 5.41) is 3.13. The Morgan fingerprint density at radius 1 is 1.33 bits per heavy atom. The number of benzene rings is 1. The van der Waals surface area contributed by atoms with E-state index in [-0.39, 0.29) is 28.8 Å². The Labute approximate surface area is 145 Å². The van der Waals surface area contributed by atoms with Crippen molar-refractivity contribution >= 4 is 5.91 Å². The first-order valence-electron chi connectivity index (χ1n) is 8.95. The molecule has 1 aromatic rings. The summed E-state index contributed by atoms with van der Waals surface area (Å²) < 4.78 is 5.89. The van der Waals surface area contributed by atoms with Crippen LogP contribution in [0.1, 0.15) is 46.1 Å². The van der Waals surface area contributed by atoms with Crippen LogP contribution in [0.25, 0.3) is 0 Å². The van der Waals surface area contributed by atoms with Crippen molar-refractivity contribution in [3.63, 3.8) is 0 Å². The van der Waals surface area contributed by atoms with E-state index in [1.807, 2.05) is 18.2 Å². The molecule has 1 heterocycles. The second-order valence-electron chi connectivity index (χ2n) is 8.56. The number of carbonyl (C=O) groups excluding carboxylic acids is 1. The summed E-state index contributed by atoms with van der Waals surface area (Å²) >= 11 is 0. The van der Waals surface area contributed by atoms with Gasteiger partial charge < -0.3 is 15.8 Å². The van der Waals surface area contributed by atoms with Crippen LogP contribution < -0.4 is 11.1 Å². The van der Waals surface area contributed by atoms with Gasteiger partial charge in [0.2, 0.25) is 5.91 Å². The fourth-order valence-electron chi connectivity index (χ4n) is 4.48. The van der Waals surface area contributed by atoms with Gasteiger partial charge in [0.15, 0.2) is 0 Å². The molecule has 3 N–H and O–H groups in total. The number of ether oxygens (including phenoxy) is 1. The first kappa shape index (κ1) is 17.4. The summed E-state index contributed by atoms with van der Waals surface area (Å²) in [6, 6.07) is 10.3. The molecule has 0 aromatic heterocycles. The van der Waals surface area contributed by atoms with E-state index in [1.54, 1.807) is 0 Å². The van der Waals surface area contributed by atoms with Gasteiger partial charge in [-0.2, -0.15) is 0 Å². The Hall–Kier alpha value is -1.39. The molecular formula is C20H30N2O2. The van der Waals surface area contributed by atoms with Crippen LogP contribution in [0, 0.1) is 11.3 Å². The number of hydrogen-bond acceptors (Lipinski definition) is 3. The molecule has 1 aliphatic carbocycles. The quantitative estimate of drug-likeness (QED) is 0.892. The van der Waals surface area contributed by atoms with Crippen molar-refractivity contribution < 1.29 is 9.53 Å². The highest BCUT2D eigenvalue weighted by Gasteiger charge is 2.70. The Bertz CT molecular complexity index is 611. The number of nitrogens with two attached hydrogens (primary N) is 1. The lowest BCUT2D eigenvalue weighted by molar-refractivity contribution is -0.225. The molecule has 1 saturated heterocycles. The van der Waals surface area contributed by atoms with Gasteiger partial charge in [-0.05, 0) is 18.4 Å². The van der Waals surface area contributed by atoms with Crippen LogP contribution in [-0.4, -0.2) is 30.7 Å². The molecule has 1 saturated carbocycles. The van der Waals surface area contributed by atoms with Gasteiger partial charge in [0.05, 0.1) is 6.10 Å². The van der Waals surface area contributed by atoms with Gasteiger partial charge in [-0.25, -0.2) is 0 Å². The summed E-state index contributed by atoms with van der Waals surface area (Å²) in [7, 11) is 0. The number of amides is 1. The predicted octanol–water partition coefficient (Wildman–Crippen LogP) is 2.61. The van der Waals surface area contributed by atoms with Gasteiger partial charge in [0.25, 0.3) is 0 Å². The van der Waals surface area contributed by atoms with Crippen LogP contribution in [0.3, 0.4) is 0 Å². The normalized spacial score (nSPS) is 31.7. The minimum absolute atomic E-state index is 0.0387. The zero-order valence-electron chi connectivity index (χ0n) is 15.3. The van der Waals surface area contributed by atoms with Crippen molar-refractivity contribution in [1.82, 2.24) is 5.32 Å². The van der Waals surface area contributed by atoms with E-state index in [9.17, 15) is 4.79 Å². The molecule has 3 atom stereocenters. The monoisotopic (exact) mass is 330 g/mol. The zero-order chi connectivity index (χ0) is 17.6. The molecule has 1 aromatic carbocycles. The van der Waals surface area contributed by atoms with Crippen LogP contribution in [0.5, 0.6) is 0 Å². The van der Waals surface area contributed by atoms with Crippen LogP contribution in [-0.2, 0) is 14.9 Å². The third kappa shape index (κ3) is 2.47. The molecule has 3 rings (SSSR count). The molecule has 0 spiro atoms. The van der Waals surface area contributed by atoms with Gasteiger partial charge >= 0.3 is 0 Å². The maximum atomic E-state index is 13.0. The molecule has 1 amide bonds. The van der Waals surface area contributed by atoms with Crippen LogP contribution >= 0.6 is 0 Å². The molecule has 2 aliphatic rings. The number of rotatable bonds is 4. The van der Waals surface area contributed by atoms with Gasteiger partial charge in [0.1, 0.15) is 5.54 Å². The lowest BCUT2D eigenvalue weighted by atomic mass is 9.46. The van der Waals surface area contributed by atoms with Crippen molar-refractivity contribution in [2.45, 2.75) is 57.6 Å². The summed E-state index contributed by atoms with van der Waals surface area (Å²) in [5.41, 5.74) is 6.55. The first-order valence-corrected chi connectivity index (χ1v) is 8.95. The Balaban J connectivity index is 1.71. The lowest BCUT2D eigenvalue weighted by Gasteiger charge is -2.65. The van der Waals surface area contributed by atoms with Gasteiger partial charge in [-0.3, -0.25) is 4.79 Å². The number of hydrogen-bond donors (Lipinski definition) is 2. The molecule has 3 unspecified atom stereocenters. The molecule has 4 heteroatoms. The van der Waals surface area contributed by atoms with Crippen molar-refractivity contribution in [2.75, 3.05) is 13.2 Å². The number of fused-ring (bicyclic) bond motifs is 1. The summed E-state index contributed by atoms with van der Waals surface area (Å²) in [6.45, 7) is 9.75. The van der Waals surface area contributed by atoms with E-state index in [0.29, 0.717) is 6.54 Å². The summed E-state index contributed by atoms with van der Waals surface area (Å²) in [4.78, 5) is 13.0. The SMILES string of the molecule is CC(C)(CNC(=O)C1(N)C2CCCOC2C1(C)C)c1ccccc1. The van der Waals surface area contributed by atoms with E-state index in [4.69, 9.17) is 10.5 Å². The van der Waals surface area contributed by atoms with Crippen molar-refractivity contribution in [3.8, 4) is 0 Å². The predicted molar refractivity (Wildman–Crippen MR) is 95.6 cm³/mol. The standard InChI is InChI=1S/C20H30N2O2/c1-18(2,14-9-6-5-7-10-14)13-22-17(23)20(21)15-11-8-12-24-16(15)19(20,3)4/h5-7,9-10,15-16H,8,11-13,21H2,1-4H3,(H,22,23). The molecule has 0 radical (unpaired) electrons. The smallest absolute Gasteiger partial charge is 0.241 e. The minimum Gasteiger partial charge on any atom is -0.377 e. The highest BCUT2D eigenvalue weighted by molar-refractivity contribution is 5.89. The fourth-order valence-corrected chi connectivity index (χ4v) is 4.48. The number of nitrogens with one attached hydrogen (secondary N) is 1. The van der Waals surface area contributed by atoms with E-state index >= 15 is 0 Å². The molecule has 2 fully saturated rings. The third-order valence-electron chi connectivity index (χ3n) is 6.31. The van der Waals surface area contributed by atoms with Crippen molar-refractivity contribution in [3.05, 3.63) is 35.9 Å². The highest BCUT2D eigenvalue weighted by Crippen LogP contribution is 2.57. The van der Waals surface area contributed by atoms with Gasteiger partial charge in [0, 0.05) is 29.9 Å². The Morgan fingerprint density at radius 2 is 2.00 bits per heavy atom. The van der Waals surface area contributed by atoms with Crippen molar-refractivity contribution in [1.29, 1.82) is 0 Å². The maximum Gasteiger partial charge on any atom is 0.241 e. The largest absolute Gasteiger partial charge is 0.377 e. The number of carbonyl (C=O) groups is 1. The second kappa shape index (κ2) is 5.85. The summed E-state index contributed by atoms with van der Waals surface area (Å²) in [6.07, 6.45) is 2.06. The minimum atomic E-state index is -0.842. The second-order valence-corrected chi connectivity index (χ2v) is 8.56. The van der Waals surface area contributed by atoms with Crippen molar-refractivity contribution in [2.24, 2.45) is 17.1 Å². The molecule has 0 bridgehead atoms. The van der Waals surface area contributed by atoms with E-state index < -0.39 is 5.54 Å². The molecule has 24 heavy (non-hydrogen) atoms. The summed E-state index contributed by atoms with van der Waals surface area (Å²) in [5.74, 6) is 0.0874. The maximum absolute atomic E-state index is 13.0. The molecule has 1 aliphatic heterocycles. The average Bonchev–Trinajstić information content (AvgIpc) is 2.59. The van der Waals surface area contributed by atoms with Crippen LogP contribution in [0.4, 0.5) is 0 Å². The van der Waals surface area contributed by atoms with Crippen LogP contribution in [0.15, 0.2) is 30.3 Å². The van der Waals surface area contributed by atoms with E-state index in [0.717, 1.165) is 19.4 Å². The lowest BCUT2D eigenvalue weighted by Crippen LogP contribution is -2.82. The topological polar surface area (TPSA) is 64.4 Å². The highest BCUT2D eigenvalue weighted by atomic mass is 16.5. The zero-order valence-corrected chi connectivity index (χ0v) is 15.3. The van der Waals surface area contributed by atoms with E-state index in [2.05, 4.69) is 45.1 Å². The molecular weight excluding hydrogens is 300 g/mol. The van der Waals surface area contributed by atoms with Gasteiger partial charge in [-0.1, -0.05) is 58.0 Å². The Morgan fingerprint density at radius 3 is 2.67 bits per heavy atom. The average molecular weight is 330 g/mol. The molecule has 132 valence electrons. The van der Waals surface area contributed by atoms with Gasteiger partial charge in [-0.15, -0.1) is 0 Å². The third-order valence-corrected chi connectivity index (χ3v) is 6.31. The Kier molecular flexibility index (Phi) is 4.25. The first-order chi connectivity index (χ1) is 11.2. The fraction of sp³-hybridized carbons (Fsp3) is 0.650. The van der Waals surface area contributed by atoms with E-state index in [1.165, 1.54) is 5.56 Å².